The van der Waals surface area contributed by atoms with Gasteiger partial charge < -0.3 is 15.0 Å². The van der Waals surface area contributed by atoms with Crippen LogP contribution in [0.15, 0.2) is 24.3 Å². The maximum Gasteiger partial charge on any atom is 0.253 e. The number of ether oxygens (including phenoxy) is 1. The number of halogens is 1. The second-order valence-electron chi connectivity index (χ2n) is 9.42. The summed E-state index contributed by atoms with van der Waals surface area (Å²) in [5, 5.41) is 3.86. The molecule has 8 heteroatoms. The standard InChI is InChI=1S/C25H37ClN4O3/c26-22-8-6-21(7-9-22)25(32)30-14-12-29(13-15-30)23(20-4-1-2-5-20)24(31)27-10-3-11-28-16-18-33-19-17-28/h6-9,20,23H,1-5,10-19H2,(H,27,31). The first-order valence-electron chi connectivity index (χ1n) is 12.5. The van der Waals surface area contributed by atoms with Gasteiger partial charge >= 0.3 is 0 Å². The molecule has 1 unspecified atom stereocenters. The molecule has 1 aromatic rings. The lowest BCUT2D eigenvalue weighted by Crippen LogP contribution is -2.58. The number of hydrogen-bond acceptors (Lipinski definition) is 5. The largest absolute Gasteiger partial charge is 0.379 e. The summed E-state index contributed by atoms with van der Waals surface area (Å²) in [6.45, 7) is 8.07. The van der Waals surface area contributed by atoms with Gasteiger partial charge in [0.1, 0.15) is 0 Å². The zero-order chi connectivity index (χ0) is 23.0. The van der Waals surface area contributed by atoms with Crippen LogP contribution >= 0.6 is 11.6 Å². The first-order valence-corrected chi connectivity index (χ1v) is 12.9. The van der Waals surface area contributed by atoms with Crippen molar-refractivity contribution in [3.63, 3.8) is 0 Å². The van der Waals surface area contributed by atoms with Gasteiger partial charge in [-0.05, 0) is 56.0 Å². The van der Waals surface area contributed by atoms with Crippen LogP contribution in [0.4, 0.5) is 0 Å². The van der Waals surface area contributed by atoms with Crippen molar-refractivity contribution in [1.82, 2.24) is 20.0 Å². The van der Waals surface area contributed by atoms with Gasteiger partial charge in [0.2, 0.25) is 5.91 Å². The summed E-state index contributed by atoms with van der Waals surface area (Å²) in [7, 11) is 0. The molecule has 1 aromatic carbocycles. The lowest BCUT2D eigenvalue weighted by atomic mass is 9.95. The molecule has 1 atom stereocenters. The van der Waals surface area contributed by atoms with Crippen molar-refractivity contribution in [1.29, 1.82) is 0 Å². The summed E-state index contributed by atoms with van der Waals surface area (Å²) in [5.41, 5.74) is 0.665. The minimum atomic E-state index is -0.0799. The molecular formula is C25H37ClN4O3. The third-order valence-electron chi connectivity index (χ3n) is 7.26. The summed E-state index contributed by atoms with van der Waals surface area (Å²) < 4.78 is 5.41. The predicted octanol–water partition coefficient (Wildman–Crippen LogP) is 2.50. The Bertz CT molecular complexity index is 770. The van der Waals surface area contributed by atoms with Crippen LogP contribution in [0.1, 0.15) is 42.5 Å². The monoisotopic (exact) mass is 476 g/mol. The van der Waals surface area contributed by atoms with E-state index in [1.807, 2.05) is 4.90 Å². The molecule has 2 aliphatic heterocycles. The van der Waals surface area contributed by atoms with E-state index in [0.29, 0.717) is 36.1 Å². The van der Waals surface area contributed by atoms with E-state index >= 15 is 0 Å². The van der Waals surface area contributed by atoms with Gasteiger partial charge in [-0.3, -0.25) is 19.4 Å². The highest BCUT2D eigenvalue weighted by molar-refractivity contribution is 6.30. The molecule has 2 saturated heterocycles. The lowest BCUT2D eigenvalue weighted by molar-refractivity contribution is -0.129. The molecule has 182 valence electrons. The van der Waals surface area contributed by atoms with Gasteiger partial charge in [-0.1, -0.05) is 24.4 Å². The zero-order valence-corrected chi connectivity index (χ0v) is 20.3. The van der Waals surface area contributed by atoms with Gasteiger partial charge in [-0.25, -0.2) is 0 Å². The Morgan fingerprint density at radius 3 is 2.33 bits per heavy atom. The van der Waals surface area contributed by atoms with Gasteiger partial charge in [0.05, 0.1) is 19.3 Å². The first kappa shape index (κ1) is 24.5. The van der Waals surface area contributed by atoms with E-state index in [1.54, 1.807) is 24.3 Å². The fourth-order valence-electron chi connectivity index (χ4n) is 5.37. The molecule has 1 aliphatic carbocycles. The van der Waals surface area contributed by atoms with Crippen molar-refractivity contribution in [3.8, 4) is 0 Å². The van der Waals surface area contributed by atoms with Crippen LogP contribution < -0.4 is 5.32 Å². The second kappa shape index (κ2) is 12.2. The third-order valence-corrected chi connectivity index (χ3v) is 7.51. The van der Waals surface area contributed by atoms with Crippen LogP contribution in [0, 0.1) is 5.92 Å². The maximum atomic E-state index is 13.3. The van der Waals surface area contributed by atoms with E-state index in [-0.39, 0.29) is 17.9 Å². The average Bonchev–Trinajstić information content (AvgIpc) is 3.37. The number of rotatable bonds is 8. The molecule has 3 fully saturated rings. The van der Waals surface area contributed by atoms with Crippen molar-refractivity contribution in [3.05, 3.63) is 34.9 Å². The summed E-state index contributed by atoms with van der Waals surface area (Å²) in [6, 6.07) is 6.99. The Balaban J connectivity index is 1.28. The van der Waals surface area contributed by atoms with Crippen molar-refractivity contribution in [2.24, 2.45) is 5.92 Å². The van der Waals surface area contributed by atoms with Crippen LogP contribution in [-0.4, -0.2) is 98.1 Å². The number of hydrogen-bond donors (Lipinski definition) is 1. The molecule has 0 radical (unpaired) electrons. The number of piperazine rings is 1. The average molecular weight is 477 g/mol. The molecule has 0 bridgehead atoms. The van der Waals surface area contributed by atoms with Crippen LogP contribution in [0.2, 0.25) is 5.02 Å². The van der Waals surface area contributed by atoms with E-state index in [9.17, 15) is 9.59 Å². The molecule has 3 aliphatic rings. The number of nitrogens with one attached hydrogen (secondary N) is 1. The molecule has 1 saturated carbocycles. The quantitative estimate of drug-likeness (QED) is 0.584. The summed E-state index contributed by atoms with van der Waals surface area (Å²) in [5.74, 6) is 0.625. The summed E-state index contributed by atoms with van der Waals surface area (Å²) in [4.78, 5) is 32.7. The molecule has 0 spiro atoms. The van der Waals surface area contributed by atoms with Crippen molar-refractivity contribution >= 4 is 23.4 Å². The van der Waals surface area contributed by atoms with Gasteiger partial charge in [-0.2, -0.15) is 0 Å². The highest BCUT2D eigenvalue weighted by Gasteiger charge is 2.37. The normalized spacial score (nSPS) is 21.8. The van der Waals surface area contributed by atoms with Gasteiger partial charge in [0.15, 0.2) is 0 Å². The van der Waals surface area contributed by atoms with Crippen LogP contribution in [0.5, 0.6) is 0 Å². The third kappa shape index (κ3) is 6.69. The molecular weight excluding hydrogens is 440 g/mol. The number of nitrogens with zero attached hydrogens (tertiary/aromatic N) is 3. The number of amides is 2. The molecule has 7 nitrogen and oxygen atoms in total. The fraction of sp³-hybridized carbons (Fsp3) is 0.680. The van der Waals surface area contributed by atoms with Crippen molar-refractivity contribution in [2.45, 2.75) is 38.1 Å². The van der Waals surface area contributed by atoms with Gasteiger partial charge in [0, 0.05) is 56.4 Å². The fourth-order valence-corrected chi connectivity index (χ4v) is 5.50. The molecule has 33 heavy (non-hydrogen) atoms. The Hall–Kier alpha value is -1.67. The second-order valence-corrected chi connectivity index (χ2v) is 9.86. The van der Waals surface area contributed by atoms with Gasteiger partial charge in [0.25, 0.3) is 5.91 Å². The minimum Gasteiger partial charge on any atom is -0.379 e. The molecule has 0 aromatic heterocycles. The van der Waals surface area contributed by atoms with Gasteiger partial charge in [-0.15, -0.1) is 0 Å². The molecule has 2 amide bonds. The number of morpholine rings is 1. The van der Waals surface area contributed by atoms with E-state index in [2.05, 4.69) is 15.1 Å². The minimum absolute atomic E-state index is 0.0382. The lowest BCUT2D eigenvalue weighted by Gasteiger charge is -2.40. The molecule has 1 N–H and O–H groups in total. The maximum absolute atomic E-state index is 13.3. The van der Waals surface area contributed by atoms with E-state index in [1.165, 1.54) is 12.8 Å². The molecule has 2 heterocycles. The molecule has 4 rings (SSSR count). The number of benzene rings is 1. The zero-order valence-electron chi connectivity index (χ0n) is 19.5. The Labute approximate surface area is 202 Å². The van der Waals surface area contributed by atoms with Crippen LogP contribution in [-0.2, 0) is 9.53 Å². The Morgan fingerprint density at radius 1 is 1.00 bits per heavy atom. The topological polar surface area (TPSA) is 65.1 Å². The smallest absolute Gasteiger partial charge is 0.253 e. The van der Waals surface area contributed by atoms with Crippen LogP contribution in [0.3, 0.4) is 0 Å². The van der Waals surface area contributed by atoms with E-state index in [0.717, 1.165) is 65.2 Å². The Morgan fingerprint density at radius 2 is 1.67 bits per heavy atom. The SMILES string of the molecule is O=C(NCCCN1CCOCC1)C(C1CCCC1)N1CCN(C(=O)c2ccc(Cl)cc2)CC1. The predicted molar refractivity (Wildman–Crippen MR) is 130 cm³/mol. The first-order chi connectivity index (χ1) is 16.1. The Kier molecular flexibility index (Phi) is 9.01. The van der Waals surface area contributed by atoms with E-state index in [4.69, 9.17) is 16.3 Å². The van der Waals surface area contributed by atoms with E-state index < -0.39 is 0 Å². The number of carbonyl (C=O) groups excluding carboxylic acids is 2. The van der Waals surface area contributed by atoms with Crippen molar-refractivity contribution in [2.75, 3.05) is 65.6 Å². The number of carbonyl (C=O) groups is 2. The summed E-state index contributed by atoms with van der Waals surface area (Å²) in [6.07, 6.45) is 5.62. The van der Waals surface area contributed by atoms with Crippen LogP contribution in [0.25, 0.3) is 0 Å². The summed E-state index contributed by atoms with van der Waals surface area (Å²) >= 11 is 5.96. The highest BCUT2D eigenvalue weighted by atomic mass is 35.5. The highest BCUT2D eigenvalue weighted by Crippen LogP contribution is 2.31. The van der Waals surface area contributed by atoms with Crippen molar-refractivity contribution < 1.29 is 14.3 Å².